The van der Waals surface area contributed by atoms with Gasteiger partial charge >= 0.3 is 0 Å². The van der Waals surface area contributed by atoms with Crippen LogP contribution in [0.2, 0.25) is 5.02 Å². The number of rotatable bonds is 3. The number of benzene rings is 1. The molecule has 6 heteroatoms. The van der Waals surface area contributed by atoms with Crippen LogP contribution < -0.4 is 10.6 Å². The third kappa shape index (κ3) is 2.97. The average Bonchev–Trinajstić information content (AvgIpc) is 3.06. The van der Waals surface area contributed by atoms with E-state index in [9.17, 15) is 0 Å². The first-order valence-electron chi connectivity index (χ1n) is 8.19. The van der Waals surface area contributed by atoms with Crippen molar-refractivity contribution in [3.8, 4) is 0 Å². The topological polar surface area (TPSA) is 70.8 Å². The highest BCUT2D eigenvalue weighted by atomic mass is 35.5. The highest BCUT2D eigenvalue weighted by Crippen LogP contribution is 2.30. The van der Waals surface area contributed by atoms with Crippen molar-refractivity contribution in [1.29, 1.82) is 0 Å². The molecule has 0 aliphatic carbocycles. The summed E-state index contributed by atoms with van der Waals surface area (Å²) in [7, 11) is 0. The van der Waals surface area contributed by atoms with E-state index in [1.807, 2.05) is 24.5 Å². The second-order valence-corrected chi connectivity index (χ2v) is 7.05. The van der Waals surface area contributed by atoms with Gasteiger partial charge in [0.2, 0.25) is 0 Å². The predicted octanol–water partition coefficient (Wildman–Crippen LogP) is 3.15. The Hall–Kier alpha value is -2.11. The minimum absolute atomic E-state index is 0.160. The van der Waals surface area contributed by atoms with Gasteiger partial charge in [-0.15, -0.1) is 0 Å². The van der Waals surface area contributed by atoms with Crippen LogP contribution in [0, 0.1) is 0 Å². The zero-order valence-electron chi connectivity index (χ0n) is 13.4. The van der Waals surface area contributed by atoms with Gasteiger partial charge in [-0.3, -0.25) is 5.10 Å². The van der Waals surface area contributed by atoms with Crippen LogP contribution in [0.5, 0.6) is 0 Å². The lowest BCUT2D eigenvalue weighted by atomic mass is 9.82. The van der Waals surface area contributed by atoms with Crippen molar-refractivity contribution in [3.63, 3.8) is 0 Å². The lowest BCUT2D eigenvalue weighted by molar-refractivity contribution is 0.331. The van der Waals surface area contributed by atoms with Crippen LogP contribution in [0.15, 0.2) is 42.7 Å². The Bertz CT molecular complexity index is 834. The van der Waals surface area contributed by atoms with Crippen LogP contribution >= 0.6 is 11.6 Å². The Labute approximate surface area is 145 Å². The van der Waals surface area contributed by atoms with E-state index < -0.39 is 0 Å². The third-order valence-electron chi connectivity index (χ3n) is 4.90. The number of nitrogens with zero attached hydrogens (tertiary/aromatic N) is 3. The molecule has 2 aromatic heterocycles. The zero-order valence-corrected chi connectivity index (χ0v) is 14.1. The second-order valence-electron chi connectivity index (χ2n) is 6.62. The number of hydrogen-bond acceptors (Lipinski definition) is 4. The van der Waals surface area contributed by atoms with Crippen LogP contribution in [0.1, 0.15) is 18.4 Å². The van der Waals surface area contributed by atoms with E-state index in [-0.39, 0.29) is 5.54 Å². The first-order valence-corrected chi connectivity index (χ1v) is 8.57. The SMILES string of the molecule is NC1(Cc2ccc(Cl)cc2)CCN(c2ccnc3[nH]ncc23)CC1. The predicted molar refractivity (Wildman–Crippen MR) is 97.4 cm³/mol. The number of fused-ring (bicyclic) bond motifs is 1. The van der Waals surface area contributed by atoms with Crippen molar-refractivity contribution in [1.82, 2.24) is 15.2 Å². The number of pyridine rings is 1. The van der Waals surface area contributed by atoms with Crippen molar-refractivity contribution < 1.29 is 0 Å². The fraction of sp³-hybridized carbons (Fsp3) is 0.333. The summed E-state index contributed by atoms with van der Waals surface area (Å²) < 4.78 is 0. The lowest BCUT2D eigenvalue weighted by Crippen LogP contribution is -2.52. The molecule has 124 valence electrons. The summed E-state index contributed by atoms with van der Waals surface area (Å²) in [6.45, 7) is 1.88. The summed E-state index contributed by atoms with van der Waals surface area (Å²) in [5.74, 6) is 0. The summed E-state index contributed by atoms with van der Waals surface area (Å²) in [6.07, 6.45) is 6.47. The number of nitrogens with one attached hydrogen (secondary N) is 1. The van der Waals surface area contributed by atoms with Gasteiger partial charge in [0.1, 0.15) is 0 Å². The molecule has 0 unspecified atom stereocenters. The van der Waals surface area contributed by atoms with Crippen molar-refractivity contribution in [3.05, 3.63) is 53.3 Å². The summed E-state index contributed by atoms with van der Waals surface area (Å²) in [5.41, 5.74) is 9.77. The van der Waals surface area contributed by atoms with Gasteiger partial charge in [0.25, 0.3) is 0 Å². The first kappa shape index (κ1) is 15.4. The van der Waals surface area contributed by atoms with Gasteiger partial charge in [-0.05, 0) is 43.0 Å². The molecular weight excluding hydrogens is 322 g/mol. The Morgan fingerprint density at radius 3 is 2.67 bits per heavy atom. The van der Waals surface area contributed by atoms with Crippen molar-refractivity contribution in [2.75, 3.05) is 18.0 Å². The van der Waals surface area contributed by atoms with E-state index in [4.69, 9.17) is 17.3 Å². The molecule has 0 bridgehead atoms. The number of nitrogens with two attached hydrogens (primary N) is 1. The Morgan fingerprint density at radius 2 is 1.92 bits per heavy atom. The number of piperidine rings is 1. The fourth-order valence-electron chi connectivity index (χ4n) is 3.49. The highest BCUT2D eigenvalue weighted by Gasteiger charge is 2.31. The number of aromatic nitrogens is 3. The van der Waals surface area contributed by atoms with Gasteiger partial charge < -0.3 is 10.6 Å². The lowest BCUT2D eigenvalue weighted by Gasteiger charge is -2.40. The van der Waals surface area contributed by atoms with Gasteiger partial charge in [-0.25, -0.2) is 4.98 Å². The van der Waals surface area contributed by atoms with Crippen molar-refractivity contribution in [2.24, 2.45) is 5.73 Å². The summed E-state index contributed by atoms with van der Waals surface area (Å²) in [4.78, 5) is 6.69. The molecule has 5 nitrogen and oxygen atoms in total. The molecule has 3 aromatic rings. The molecular formula is C18H20ClN5. The first-order chi connectivity index (χ1) is 11.6. The number of halogens is 1. The Balaban J connectivity index is 1.48. The molecule has 0 amide bonds. The molecule has 1 fully saturated rings. The fourth-order valence-corrected chi connectivity index (χ4v) is 3.62. The molecule has 1 aromatic carbocycles. The molecule has 0 spiro atoms. The highest BCUT2D eigenvalue weighted by molar-refractivity contribution is 6.30. The molecule has 0 saturated carbocycles. The Kier molecular flexibility index (Phi) is 3.90. The maximum Gasteiger partial charge on any atom is 0.157 e. The second kappa shape index (κ2) is 6.07. The minimum Gasteiger partial charge on any atom is -0.371 e. The van der Waals surface area contributed by atoms with E-state index in [0.717, 1.165) is 48.4 Å². The van der Waals surface area contributed by atoms with E-state index in [1.165, 1.54) is 11.3 Å². The quantitative estimate of drug-likeness (QED) is 0.767. The van der Waals surface area contributed by atoms with Gasteiger partial charge in [0.15, 0.2) is 5.65 Å². The maximum absolute atomic E-state index is 6.67. The molecule has 3 N–H and O–H groups in total. The third-order valence-corrected chi connectivity index (χ3v) is 5.15. The smallest absolute Gasteiger partial charge is 0.157 e. The molecule has 1 aliphatic heterocycles. The summed E-state index contributed by atoms with van der Waals surface area (Å²) in [6, 6.07) is 10.1. The number of aromatic amines is 1. The van der Waals surface area contributed by atoms with Crippen molar-refractivity contribution >= 4 is 28.3 Å². The van der Waals surface area contributed by atoms with E-state index in [2.05, 4.69) is 38.3 Å². The van der Waals surface area contributed by atoms with Gasteiger partial charge in [-0.1, -0.05) is 23.7 Å². The molecule has 4 rings (SSSR count). The molecule has 0 atom stereocenters. The van der Waals surface area contributed by atoms with Crippen molar-refractivity contribution in [2.45, 2.75) is 24.8 Å². The standard InChI is InChI=1S/C18H20ClN5/c19-14-3-1-13(2-4-14)11-18(20)6-9-24(10-7-18)16-5-8-21-17-15(16)12-22-23-17/h1-5,8,12H,6-7,9-11,20H2,(H,21,22,23). The average molecular weight is 342 g/mol. The summed E-state index contributed by atoms with van der Waals surface area (Å²) >= 11 is 5.96. The molecule has 1 aliphatic rings. The van der Waals surface area contributed by atoms with E-state index >= 15 is 0 Å². The maximum atomic E-state index is 6.67. The van der Waals surface area contributed by atoms with Gasteiger partial charge in [0, 0.05) is 29.8 Å². The van der Waals surface area contributed by atoms with E-state index in [1.54, 1.807) is 0 Å². The van der Waals surface area contributed by atoms with E-state index in [0.29, 0.717) is 0 Å². The number of hydrogen-bond donors (Lipinski definition) is 2. The minimum atomic E-state index is -0.160. The zero-order chi connectivity index (χ0) is 16.6. The molecule has 0 radical (unpaired) electrons. The van der Waals surface area contributed by atoms with Gasteiger partial charge in [-0.2, -0.15) is 5.10 Å². The largest absolute Gasteiger partial charge is 0.371 e. The van der Waals surface area contributed by atoms with Crippen LogP contribution in [-0.4, -0.2) is 33.8 Å². The number of H-pyrrole nitrogens is 1. The number of anilines is 1. The van der Waals surface area contributed by atoms with Crippen LogP contribution in [0.3, 0.4) is 0 Å². The van der Waals surface area contributed by atoms with Crippen LogP contribution in [0.4, 0.5) is 5.69 Å². The van der Waals surface area contributed by atoms with Gasteiger partial charge in [0.05, 0.1) is 17.3 Å². The Morgan fingerprint density at radius 1 is 1.17 bits per heavy atom. The van der Waals surface area contributed by atoms with Crippen LogP contribution in [-0.2, 0) is 6.42 Å². The molecule has 1 saturated heterocycles. The normalized spacial score (nSPS) is 17.3. The molecule has 24 heavy (non-hydrogen) atoms. The van der Waals surface area contributed by atoms with Crippen LogP contribution in [0.25, 0.3) is 11.0 Å². The summed E-state index contributed by atoms with van der Waals surface area (Å²) in [5, 5.41) is 8.86. The monoisotopic (exact) mass is 341 g/mol. The molecule has 3 heterocycles.